The monoisotopic (exact) mass is 357 g/mol. The average Bonchev–Trinajstić information content (AvgIpc) is 2.69. The summed E-state index contributed by atoms with van der Waals surface area (Å²) in [5, 5.41) is 0. The maximum atomic E-state index is 12.0. The summed E-state index contributed by atoms with van der Waals surface area (Å²) in [7, 11) is 1.61. The largest absolute Gasteiger partial charge is 0.369 e. The summed E-state index contributed by atoms with van der Waals surface area (Å²) in [4.78, 5) is 16.4. The van der Waals surface area contributed by atoms with Gasteiger partial charge in [0.05, 0.1) is 5.69 Å². The lowest BCUT2D eigenvalue weighted by Gasteiger charge is -2.14. The summed E-state index contributed by atoms with van der Waals surface area (Å²) in [5.41, 5.74) is 9.75. The van der Waals surface area contributed by atoms with Gasteiger partial charge in [-0.25, -0.2) is 4.98 Å². The van der Waals surface area contributed by atoms with E-state index >= 15 is 0 Å². The highest BCUT2D eigenvalue weighted by Gasteiger charge is 2.13. The van der Waals surface area contributed by atoms with Gasteiger partial charge in [0.2, 0.25) is 5.95 Å². The molecule has 0 amide bonds. The number of rotatable bonds is 6. The van der Waals surface area contributed by atoms with Gasteiger partial charge in [0.25, 0.3) is 5.56 Å². The molecule has 0 saturated heterocycles. The second-order valence-electron chi connectivity index (χ2n) is 6.47. The van der Waals surface area contributed by atoms with Crippen LogP contribution in [-0.2, 0) is 13.5 Å². The molecule has 0 saturated carbocycles. The molecular formula is C23H23N3O. The molecule has 1 atom stereocenters. The molecule has 0 aliphatic rings. The molecule has 1 aromatic heterocycles. The normalized spacial score (nSPS) is 12.2. The number of anilines is 1. The zero-order valence-corrected chi connectivity index (χ0v) is 15.4. The van der Waals surface area contributed by atoms with Crippen LogP contribution in [0.5, 0.6) is 0 Å². The molecule has 136 valence electrons. The Morgan fingerprint density at radius 2 is 1.78 bits per heavy atom. The van der Waals surface area contributed by atoms with Crippen LogP contribution in [0.2, 0.25) is 0 Å². The van der Waals surface area contributed by atoms with E-state index in [0.717, 1.165) is 16.7 Å². The summed E-state index contributed by atoms with van der Waals surface area (Å²) < 4.78 is 1.33. The lowest BCUT2D eigenvalue weighted by atomic mass is 9.95. The maximum absolute atomic E-state index is 12.0. The third-order valence-electron chi connectivity index (χ3n) is 4.53. The lowest BCUT2D eigenvalue weighted by molar-refractivity contribution is 0.760. The fourth-order valence-corrected chi connectivity index (χ4v) is 2.91. The first-order valence-corrected chi connectivity index (χ1v) is 8.85. The Bertz CT molecular complexity index is 1020. The van der Waals surface area contributed by atoms with Gasteiger partial charge in [-0.15, -0.1) is 6.58 Å². The van der Waals surface area contributed by atoms with Crippen LogP contribution in [0.25, 0.3) is 12.2 Å². The standard InChI is InChI=1S/C23H23N3O/c1-3-20(21-16-22(27)26(2)23(24)25-21)15-19-11-7-10-18(14-19)13-12-17-8-5-4-6-9-17/h3-14,16,20H,1,15H2,2H3,(H2,24,25). The third kappa shape index (κ3) is 4.61. The van der Waals surface area contributed by atoms with E-state index in [9.17, 15) is 4.79 Å². The number of allylic oxidation sites excluding steroid dienone is 1. The van der Waals surface area contributed by atoms with E-state index in [1.165, 1.54) is 10.6 Å². The molecule has 0 bridgehead atoms. The Labute approximate surface area is 159 Å². The van der Waals surface area contributed by atoms with Gasteiger partial charge in [0.15, 0.2) is 0 Å². The lowest BCUT2D eigenvalue weighted by Crippen LogP contribution is -2.22. The van der Waals surface area contributed by atoms with Gasteiger partial charge in [0.1, 0.15) is 0 Å². The van der Waals surface area contributed by atoms with Gasteiger partial charge in [0, 0.05) is 19.0 Å². The molecule has 0 aliphatic carbocycles. The van der Waals surface area contributed by atoms with Gasteiger partial charge in [-0.3, -0.25) is 9.36 Å². The molecule has 3 rings (SSSR count). The molecule has 2 N–H and O–H groups in total. The maximum Gasteiger partial charge on any atom is 0.254 e. The Balaban J connectivity index is 1.81. The van der Waals surface area contributed by atoms with Gasteiger partial charge in [-0.05, 0) is 23.1 Å². The summed E-state index contributed by atoms with van der Waals surface area (Å²) in [6.07, 6.45) is 6.70. The minimum atomic E-state index is -0.163. The minimum absolute atomic E-state index is 0.0745. The van der Waals surface area contributed by atoms with E-state index < -0.39 is 0 Å². The van der Waals surface area contributed by atoms with E-state index in [1.807, 2.05) is 30.3 Å². The summed E-state index contributed by atoms with van der Waals surface area (Å²) >= 11 is 0. The number of aromatic nitrogens is 2. The van der Waals surface area contributed by atoms with Crippen molar-refractivity contribution in [3.05, 3.63) is 106 Å². The molecule has 2 aromatic carbocycles. The van der Waals surface area contributed by atoms with Crippen LogP contribution in [0.3, 0.4) is 0 Å². The second kappa shape index (κ2) is 8.32. The number of benzene rings is 2. The average molecular weight is 357 g/mol. The Morgan fingerprint density at radius 3 is 2.48 bits per heavy atom. The number of nitrogens with two attached hydrogens (primary N) is 1. The van der Waals surface area contributed by atoms with Crippen molar-refractivity contribution in [3.8, 4) is 0 Å². The van der Waals surface area contributed by atoms with Crippen molar-refractivity contribution in [1.82, 2.24) is 9.55 Å². The highest BCUT2D eigenvalue weighted by Crippen LogP contribution is 2.21. The highest BCUT2D eigenvalue weighted by atomic mass is 16.1. The van der Waals surface area contributed by atoms with Crippen LogP contribution in [-0.4, -0.2) is 9.55 Å². The quantitative estimate of drug-likeness (QED) is 0.535. The van der Waals surface area contributed by atoms with Crippen LogP contribution in [0.15, 0.2) is 78.1 Å². The molecule has 0 radical (unpaired) electrons. The Morgan fingerprint density at radius 1 is 1.07 bits per heavy atom. The van der Waals surface area contributed by atoms with Crippen molar-refractivity contribution < 1.29 is 0 Å². The van der Waals surface area contributed by atoms with Crippen molar-refractivity contribution >= 4 is 18.1 Å². The van der Waals surface area contributed by atoms with Gasteiger partial charge in [-0.1, -0.05) is 72.8 Å². The van der Waals surface area contributed by atoms with E-state index in [4.69, 9.17) is 5.73 Å². The van der Waals surface area contributed by atoms with Crippen LogP contribution in [0, 0.1) is 0 Å². The van der Waals surface area contributed by atoms with Crippen molar-refractivity contribution in [2.45, 2.75) is 12.3 Å². The molecular weight excluding hydrogens is 334 g/mol. The van der Waals surface area contributed by atoms with E-state index in [-0.39, 0.29) is 17.4 Å². The molecule has 0 spiro atoms. The third-order valence-corrected chi connectivity index (χ3v) is 4.53. The number of hydrogen-bond acceptors (Lipinski definition) is 3. The Hall–Kier alpha value is -3.40. The number of nitrogens with zero attached hydrogens (tertiary/aromatic N) is 2. The smallest absolute Gasteiger partial charge is 0.254 e. The van der Waals surface area contributed by atoms with Crippen LogP contribution in [0.1, 0.15) is 28.3 Å². The topological polar surface area (TPSA) is 60.9 Å². The van der Waals surface area contributed by atoms with Gasteiger partial charge < -0.3 is 5.73 Å². The van der Waals surface area contributed by atoms with Crippen molar-refractivity contribution in [1.29, 1.82) is 0 Å². The van der Waals surface area contributed by atoms with Gasteiger partial charge in [-0.2, -0.15) is 0 Å². The summed E-state index contributed by atoms with van der Waals surface area (Å²) in [6.45, 7) is 3.91. The minimum Gasteiger partial charge on any atom is -0.369 e. The molecule has 1 heterocycles. The predicted octanol–water partition coefficient (Wildman–Crippen LogP) is 4.05. The van der Waals surface area contributed by atoms with E-state index in [0.29, 0.717) is 12.1 Å². The van der Waals surface area contributed by atoms with Crippen LogP contribution in [0.4, 0.5) is 5.95 Å². The SMILES string of the molecule is C=CC(Cc1cccc(C=Cc2ccccc2)c1)c1cc(=O)n(C)c(N)n1. The molecule has 0 aliphatic heterocycles. The fraction of sp³-hybridized carbons (Fsp3) is 0.130. The first kappa shape index (κ1) is 18.4. The summed E-state index contributed by atoms with van der Waals surface area (Å²) in [5.74, 6) is 0.137. The van der Waals surface area contributed by atoms with E-state index in [1.54, 1.807) is 7.05 Å². The van der Waals surface area contributed by atoms with Crippen LogP contribution < -0.4 is 11.3 Å². The molecule has 4 heteroatoms. The summed E-state index contributed by atoms with van der Waals surface area (Å²) in [6, 6.07) is 20.0. The van der Waals surface area contributed by atoms with Gasteiger partial charge >= 0.3 is 0 Å². The van der Waals surface area contributed by atoms with E-state index in [2.05, 4.69) is 54.0 Å². The van der Waals surface area contributed by atoms with Crippen molar-refractivity contribution in [2.75, 3.05) is 5.73 Å². The Kier molecular flexibility index (Phi) is 5.67. The number of hydrogen-bond donors (Lipinski definition) is 1. The molecule has 4 nitrogen and oxygen atoms in total. The van der Waals surface area contributed by atoms with Crippen molar-refractivity contribution in [3.63, 3.8) is 0 Å². The fourth-order valence-electron chi connectivity index (χ4n) is 2.91. The first-order valence-electron chi connectivity index (χ1n) is 8.85. The molecule has 1 unspecified atom stereocenters. The van der Waals surface area contributed by atoms with Crippen molar-refractivity contribution in [2.24, 2.45) is 7.05 Å². The first-order chi connectivity index (χ1) is 13.1. The second-order valence-corrected chi connectivity index (χ2v) is 6.47. The zero-order chi connectivity index (χ0) is 19.2. The number of nitrogen functional groups attached to an aromatic ring is 1. The highest BCUT2D eigenvalue weighted by molar-refractivity contribution is 5.69. The van der Waals surface area contributed by atoms with Crippen LogP contribution >= 0.6 is 0 Å². The molecule has 0 fully saturated rings. The zero-order valence-electron chi connectivity index (χ0n) is 15.4. The molecule has 3 aromatic rings. The predicted molar refractivity (Wildman–Crippen MR) is 112 cm³/mol. The molecule has 27 heavy (non-hydrogen) atoms.